The van der Waals surface area contributed by atoms with Gasteiger partial charge in [-0.15, -0.1) is 0 Å². The van der Waals surface area contributed by atoms with Crippen molar-refractivity contribution in [3.05, 3.63) is 73.3 Å². The van der Waals surface area contributed by atoms with Crippen LogP contribution in [0.2, 0.25) is 0 Å². The zero-order valence-electron chi connectivity index (χ0n) is 11.3. The zero-order chi connectivity index (χ0) is 14.5. The molecule has 0 spiro atoms. The van der Waals surface area contributed by atoms with Crippen molar-refractivity contribution < 1.29 is 9.53 Å². The average Bonchev–Trinajstić information content (AvgIpc) is 2.97. The van der Waals surface area contributed by atoms with E-state index in [9.17, 15) is 4.79 Å². The zero-order valence-corrected chi connectivity index (χ0v) is 11.3. The van der Waals surface area contributed by atoms with Crippen LogP contribution in [0.25, 0.3) is 0 Å². The number of hydrogen-bond acceptors (Lipinski definition) is 3. The predicted molar refractivity (Wildman–Crippen MR) is 80.1 cm³/mol. The molecule has 20 heavy (non-hydrogen) atoms. The molecule has 4 heteroatoms. The molecule has 0 radical (unpaired) electrons. The topological polar surface area (TPSA) is 45.3 Å². The summed E-state index contributed by atoms with van der Waals surface area (Å²) < 4.78 is 5.23. The van der Waals surface area contributed by atoms with E-state index in [-0.39, 0.29) is 5.78 Å². The van der Waals surface area contributed by atoms with E-state index < -0.39 is 0 Å². The Morgan fingerprint density at radius 3 is 2.60 bits per heavy atom. The molecule has 1 aromatic heterocycles. The summed E-state index contributed by atoms with van der Waals surface area (Å²) in [5, 5.41) is 0. The maximum absolute atomic E-state index is 12.6. The van der Waals surface area contributed by atoms with Gasteiger partial charge in [0.25, 0.3) is 0 Å². The van der Waals surface area contributed by atoms with Crippen LogP contribution >= 0.6 is 0 Å². The number of nitrogens with one attached hydrogen (secondary N) is 1. The van der Waals surface area contributed by atoms with Gasteiger partial charge in [-0.2, -0.15) is 0 Å². The fourth-order valence-electron chi connectivity index (χ4n) is 2.00. The summed E-state index contributed by atoms with van der Waals surface area (Å²) in [6.07, 6.45) is 4.89. The molecule has 0 bridgehead atoms. The molecule has 2 aromatic rings. The van der Waals surface area contributed by atoms with Gasteiger partial charge in [0.2, 0.25) is 5.78 Å². The van der Waals surface area contributed by atoms with Gasteiger partial charge in [0.15, 0.2) is 0 Å². The van der Waals surface area contributed by atoms with Crippen molar-refractivity contribution in [1.29, 1.82) is 0 Å². The molecule has 0 aliphatic carbocycles. The molecule has 102 valence electrons. The first-order valence-corrected chi connectivity index (χ1v) is 6.11. The molecular weight excluding hydrogens is 252 g/mol. The van der Waals surface area contributed by atoms with Crippen LogP contribution in [0, 0.1) is 0 Å². The normalized spacial score (nSPS) is 9.85. The third-order valence-corrected chi connectivity index (χ3v) is 2.98. The molecule has 0 atom stereocenters. The third-order valence-electron chi connectivity index (χ3n) is 2.98. The number of aromatic amines is 1. The predicted octanol–water partition coefficient (Wildman–Crippen LogP) is 3.35. The number of benzene rings is 1. The molecule has 1 N–H and O–H groups in total. The molecule has 0 aliphatic rings. The Kier molecular flexibility index (Phi) is 4.05. The smallest absolute Gasteiger partial charge is 0.215 e. The SMILES string of the molecule is C=CN(C=C)c1cc[nH]c1C(=O)c1ccccc1OC. The number of aromatic nitrogens is 1. The fraction of sp³-hybridized carbons (Fsp3) is 0.0625. The van der Waals surface area contributed by atoms with Crippen molar-refractivity contribution in [3.8, 4) is 5.75 Å². The maximum atomic E-state index is 12.6. The van der Waals surface area contributed by atoms with Crippen molar-refractivity contribution >= 4 is 11.5 Å². The minimum Gasteiger partial charge on any atom is -0.496 e. The molecule has 0 aliphatic heterocycles. The summed E-state index contributed by atoms with van der Waals surface area (Å²) in [4.78, 5) is 17.3. The van der Waals surface area contributed by atoms with Crippen LogP contribution in [0.5, 0.6) is 5.75 Å². The van der Waals surface area contributed by atoms with Crippen molar-refractivity contribution in [2.45, 2.75) is 0 Å². The van der Waals surface area contributed by atoms with Crippen molar-refractivity contribution in [2.24, 2.45) is 0 Å². The van der Waals surface area contributed by atoms with Crippen molar-refractivity contribution in [3.63, 3.8) is 0 Å². The second-order valence-electron chi connectivity index (χ2n) is 4.04. The van der Waals surface area contributed by atoms with Crippen molar-refractivity contribution in [2.75, 3.05) is 12.0 Å². The Morgan fingerprint density at radius 2 is 1.95 bits per heavy atom. The summed E-state index contributed by atoms with van der Waals surface area (Å²) in [6, 6.07) is 8.92. The highest BCUT2D eigenvalue weighted by molar-refractivity contribution is 6.12. The molecule has 0 fully saturated rings. The van der Waals surface area contributed by atoms with Crippen LogP contribution in [-0.4, -0.2) is 17.9 Å². The van der Waals surface area contributed by atoms with Crippen LogP contribution in [-0.2, 0) is 0 Å². The van der Waals surface area contributed by atoms with Crippen LogP contribution in [0.15, 0.2) is 62.1 Å². The fourth-order valence-corrected chi connectivity index (χ4v) is 2.00. The number of ketones is 1. The standard InChI is InChI=1S/C16H16N2O2/c1-4-18(5-2)13-10-11-17-15(13)16(19)12-8-6-7-9-14(12)20-3/h4-11,17H,1-2H2,3H3. The molecule has 0 saturated heterocycles. The van der Waals surface area contributed by atoms with Crippen LogP contribution < -0.4 is 9.64 Å². The average molecular weight is 268 g/mol. The van der Waals surface area contributed by atoms with Crippen LogP contribution in [0.1, 0.15) is 16.1 Å². The van der Waals surface area contributed by atoms with Gasteiger partial charge in [-0.3, -0.25) is 4.79 Å². The first-order valence-electron chi connectivity index (χ1n) is 6.11. The lowest BCUT2D eigenvalue weighted by atomic mass is 10.1. The number of ether oxygens (including phenoxy) is 1. The van der Waals surface area contributed by atoms with Gasteiger partial charge < -0.3 is 14.6 Å². The number of carbonyl (C=O) groups is 1. The minimum atomic E-state index is -0.142. The van der Waals surface area contributed by atoms with Gasteiger partial charge in [-0.25, -0.2) is 0 Å². The number of para-hydroxylation sites is 1. The highest BCUT2D eigenvalue weighted by atomic mass is 16.5. The lowest BCUT2D eigenvalue weighted by Crippen LogP contribution is -2.12. The monoisotopic (exact) mass is 268 g/mol. The number of nitrogens with zero attached hydrogens (tertiary/aromatic N) is 1. The Hall–Kier alpha value is -2.75. The lowest BCUT2D eigenvalue weighted by Gasteiger charge is -2.15. The molecule has 4 nitrogen and oxygen atoms in total. The number of hydrogen-bond donors (Lipinski definition) is 1. The number of carbonyl (C=O) groups excluding carboxylic acids is 1. The first kappa shape index (κ1) is 13.7. The van der Waals surface area contributed by atoms with Gasteiger partial charge in [-0.1, -0.05) is 25.3 Å². The van der Waals surface area contributed by atoms with E-state index in [4.69, 9.17) is 4.74 Å². The quantitative estimate of drug-likeness (QED) is 0.817. The van der Waals surface area contributed by atoms with E-state index in [2.05, 4.69) is 18.1 Å². The molecule has 0 saturated carbocycles. The van der Waals surface area contributed by atoms with E-state index in [1.54, 1.807) is 54.9 Å². The van der Waals surface area contributed by atoms with Crippen LogP contribution in [0.3, 0.4) is 0 Å². The molecule has 0 amide bonds. The van der Waals surface area contributed by atoms with E-state index in [0.717, 1.165) is 0 Å². The number of rotatable bonds is 6. The summed E-state index contributed by atoms with van der Waals surface area (Å²) in [6.45, 7) is 7.40. The third kappa shape index (κ3) is 2.36. The summed E-state index contributed by atoms with van der Waals surface area (Å²) >= 11 is 0. The summed E-state index contributed by atoms with van der Waals surface area (Å²) in [5.74, 6) is 0.401. The largest absolute Gasteiger partial charge is 0.496 e. The van der Waals surface area contributed by atoms with Gasteiger partial charge >= 0.3 is 0 Å². The molecule has 0 unspecified atom stereocenters. The molecule has 2 rings (SSSR count). The lowest BCUT2D eigenvalue weighted by molar-refractivity contribution is 0.103. The molecule has 1 aromatic carbocycles. The minimum absolute atomic E-state index is 0.142. The molecule has 1 heterocycles. The Labute approximate surface area is 118 Å². The van der Waals surface area contributed by atoms with Crippen LogP contribution in [0.4, 0.5) is 5.69 Å². The van der Waals surface area contributed by atoms with E-state index in [1.807, 2.05) is 6.07 Å². The number of H-pyrrole nitrogens is 1. The second kappa shape index (κ2) is 5.93. The Balaban J connectivity index is 2.47. The van der Waals surface area contributed by atoms with Gasteiger partial charge in [0.05, 0.1) is 18.4 Å². The van der Waals surface area contributed by atoms with E-state index in [1.165, 1.54) is 0 Å². The Morgan fingerprint density at radius 1 is 1.25 bits per heavy atom. The van der Waals surface area contributed by atoms with Gasteiger partial charge in [0, 0.05) is 18.6 Å². The maximum Gasteiger partial charge on any atom is 0.215 e. The highest BCUT2D eigenvalue weighted by Gasteiger charge is 2.19. The second-order valence-corrected chi connectivity index (χ2v) is 4.04. The number of methoxy groups -OCH3 is 1. The van der Waals surface area contributed by atoms with Crippen molar-refractivity contribution in [1.82, 2.24) is 4.98 Å². The molecular formula is C16H16N2O2. The summed E-state index contributed by atoms with van der Waals surface area (Å²) in [5.41, 5.74) is 1.67. The van der Waals surface area contributed by atoms with Gasteiger partial charge in [-0.05, 0) is 18.2 Å². The van der Waals surface area contributed by atoms with Gasteiger partial charge in [0.1, 0.15) is 11.4 Å². The van der Waals surface area contributed by atoms with E-state index in [0.29, 0.717) is 22.7 Å². The highest BCUT2D eigenvalue weighted by Crippen LogP contribution is 2.26. The summed E-state index contributed by atoms with van der Waals surface area (Å²) in [7, 11) is 1.54. The number of anilines is 1. The van der Waals surface area contributed by atoms with E-state index >= 15 is 0 Å². The Bertz CT molecular complexity index is 635. The first-order chi connectivity index (χ1) is 9.72.